The summed E-state index contributed by atoms with van der Waals surface area (Å²) in [7, 11) is 0. The normalized spacial score (nSPS) is 24.0. The van der Waals surface area contributed by atoms with Crippen molar-refractivity contribution < 1.29 is 14.4 Å². The fourth-order valence-electron chi connectivity index (χ4n) is 8.02. The summed E-state index contributed by atoms with van der Waals surface area (Å²) in [5.41, 5.74) is 2.50. The Hall–Kier alpha value is -4.36. The number of hydrogen-bond acceptors (Lipinski definition) is 5. The van der Waals surface area contributed by atoms with Gasteiger partial charge in [0.1, 0.15) is 0 Å². The van der Waals surface area contributed by atoms with Crippen LogP contribution in [0, 0.1) is 17.8 Å². The van der Waals surface area contributed by atoms with Gasteiger partial charge in [0.15, 0.2) is 22.9 Å². The number of fused-ring (bicyclic) bond motifs is 3. The van der Waals surface area contributed by atoms with Gasteiger partial charge < -0.3 is 9.97 Å². The zero-order chi connectivity index (χ0) is 27.7. The van der Waals surface area contributed by atoms with Gasteiger partial charge in [0.05, 0.1) is 17.0 Å². The third kappa shape index (κ3) is 3.42. The quantitative estimate of drug-likeness (QED) is 0.185. The fraction of sp³-hybridized carbons (Fsp3) is 0.294. The number of ketones is 3. The lowest BCUT2D eigenvalue weighted by Crippen LogP contribution is -2.57. The average Bonchev–Trinajstić information content (AvgIpc) is 3.77. The zero-order valence-electron chi connectivity index (χ0n) is 22.5. The molecule has 3 heterocycles. The first-order valence-electron chi connectivity index (χ1n) is 14.6. The first kappa shape index (κ1) is 24.4. The van der Waals surface area contributed by atoms with Crippen molar-refractivity contribution in [3.05, 3.63) is 102 Å². The topological polar surface area (TPSA) is 108 Å². The van der Waals surface area contributed by atoms with Gasteiger partial charge in [-0.25, -0.2) is 4.98 Å². The maximum Gasteiger partial charge on any atom is 0.204 e. The Morgan fingerprint density at radius 3 is 2.20 bits per heavy atom. The minimum Gasteiger partial charge on any atom is -0.361 e. The third-order valence-corrected chi connectivity index (χ3v) is 9.81. The van der Waals surface area contributed by atoms with Crippen molar-refractivity contribution in [3.8, 4) is 0 Å². The van der Waals surface area contributed by atoms with Gasteiger partial charge in [0, 0.05) is 34.3 Å². The van der Waals surface area contributed by atoms with Crippen molar-refractivity contribution in [1.29, 1.82) is 0 Å². The summed E-state index contributed by atoms with van der Waals surface area (Å²) >= 11 is 0. The minimum absolute atomic E-state index is 0.178. The van der Waals surface area contributed by atoms with Gasteiger partial charge >= 0.3 is 0 Å². The van der Waals surface area contributed by atoms with Crippen LogP contribution in [0.5, 0.6) is 0 Å². The Balaban J connectivity index is 1.36. The number of rotatable bonds is 4. The predicted octanol–water partition coefficient (Wildman–Crippen LogP) is 6.20. The van der Waals surface area contributed by atoms with E-state index in [4.69, 9.17) is 0 Å². The Morgan fingerprint density at radius 1 is 0.805 bits per heavy atom. The molecule has 2 aliphatic carbocycles. The Morgan fingerprint density at radius 2 is 1.46 bits per heavy atom. The van der Waals surface area contributed by atoms with E-state index in [0.29, 0.717) is 16.6 Å². The number of nitrogens with one attached hydrogen (secondary N) is 3. The van der Waals surface area contributed by atoms with Crippen LogP contribution in [0.25, 0.3) is 21.9 Å². The fourth-order valence-corrected chi connectivity index (χ4v) is 8.02. The van der Waals surface area contributed by atoms with Gasteiger partial charge in [-0.1, -0.05) is 86.7 Å². The van der Waals surface area contributed by atoms with Crippen LogP contribution >= 0.6 is 0 Å². The lowest BCUT2D eigenvalue weighted by molar-refractivity contribution is 0.0600. The molecule has 5 aromatic rings. The van der Waals surface area contributed by atoms with Crippen LogP contribution in [0.4, 0.5) is 0 Å². The molecule has 7 nitrogen and oxygen atoms in total. The van der Waals surface area contributed by atoms with Gasteiger partial charge in [-0.15, -0.1) is 0 Å². The molecule has 0 bridgehead atoms. The van der Waals surface area contributed by atoms with Crippen molar-refractivity contribution in [2.45, 2.75) is 43.7 Å². The molecule has 2 fully saturated rings. The van der Waals surface area contributed by atoms with Crippen molar-refractivity contribution in [1.82, 2.24) is 20.3 Å². The molecule has 7 heteroatoms. The number of carbonyl (C=O) groups excluding carboxylic acids is 3. The number of para-hydroxylation sites is 3. The van der Waals surface area contributed by atoms with Gasteiger partial charge in [-0.2, -0.15) is 0 Å². The summed E-state index contributed by atoms with van der Waals surface area (Å²) in [6.07, 6.45) is 7.20. The predicted molar refractivity (Wildman–Crippen MR) is 156 cm³/mol. The molecule has 1 saturated carbocycles. The van der Waals surface area contributed by atoms with Crippen LogP contribution in [0.2, 0.25) is 0 Å². The van der Waals surface area contributed by atoms with Crippen molar-refractivity contribution >= 4 is 39.3 Å². The van der Waals surface area contributed by atoms with Gasteiger partial charge in [-0.05, 0) is 35.6 Å². The second kappa shape index (κ2) is 9.08. The Labute approximate surface area is 236 Å². The Bertz CT molecular complexity index is 1790. The molecule has 3 atom stereocenters. The maximum atomic E-state index is 14.8. The van der Waals surface area contributed by atoms with E-state index in [0.717, 1.165) is 54.1 Å². The highest BCUT2D eigenvalue weighted by Gasteiger charge is 2.69. The molecule has 204 valence electrons. The van der Waals surface area contributed by atoms with E-state index in [1.54, 1.807) is 24.3 Å². The van der Waals surface area contributed by atoms with Crippen LogP contribution in [-0.2, 0) is 0 Å². The molecule has 3 unspecified atom stereocenters. The molecule has 1 aliphatic heterocycles. The minimum atomic E-state index is -1.69. The van der Waals surface area contributed by atoms with E-state index in [1.807, 2.05) is 48.7 Å². The summed E-state index contributed by atoms with van der Waals surface area (Å²) in [4.78, 5) is 55.0. The highest BCUT2D eigenvalue weighted by molar-refractivity contribution is 6.35. The molecule has 1 saturated heterocycles. The highest BCUT2D eigenvalue weighted by Crippen LogP contribution is 2.55. The first-order valence-corrected chi connectivity index (χ1v) is 14.6. The van der Waals surface area contributed by atoms with Crippen LogP contribution in [0.15, 0.2) is 79.0 Å². The van der Waals surface area contributed by atoms with E-state index in [9.17, 15) is 14.4 Å². The number of aromatic nitrogens is 3. The number of H-pyrrole nitrogens is 2. The smallest absolute Gasteiger partial charge is 0.204 e. The summed E-state index contributed by atoms with van der Waals surface area (Å²) in [5, 5.41) is 4.64. The van der Waals surface area contributed by atoms with Gasteiger partial charge in [0.2, 0.25) is 5.78 Å². The average molecular weight is 543 g/mol. The lowest BCUT2D eigenvalue weighted by Gasteiger charge is -2.35. The number of nitrogens with zero attached hydrogens (tertiary/aromatic N) is 1. The van der Waals surface area contributed by atoms with Crippen LogP contribution in [0.1, 0.15) is 75.0 Å². The number of Topliss-reactive ketones (excluding diaryl/α,β-unsaturated/α-hetero) is 3. The maximum absolute atomic E-state index is 14.8. The molecular formula is C34H30N4O3. The SMILES string of the molecule is O=C(c1nc2ccccc2[nH]1)C1C(C2CCCCC2)C(c2c[nH]c3ccccc23)NC12C(=O)c1ccccc1C2=O. The largest absolute Gasteiger partial charge is 0.361 e. The summed E-state index contributed by atoms with van der Waals surface area (Å²) < 4.78 is 0. The molecule has 3 N–H and O–H groups in total. The summed E-state index contributed by atoms with van der Waals surface area (Å²) in [6, 6.07) is 22.2. The van der Waals surface area contributed by atoms with E-state index >= 15 is 0 Å². The highest BCUT2D eigenvalue weighted by atomic mass is 16.2. The monoisotopic (exact) mass is 542 g/mol. The summed E-state index contributed by atoms with van der Waals surface area (Å²) in [6.45, 7) is 0. The molecule has 41 heavy (non-hydrogen) atoms. The first-order chi connectivity index (χ1) is 20.1. The van der Waals surface area contributed by atoms with Crippen LogP contribution in [-0.4, -0.2) is 37.8 Å². The molecular weight excluding hydrogens is 512 g/mol. The third-order valence-electron chi connectivity index (χ3n) is 9.81. The lowest BCUT2D eigenvalue weighted by atomic mass is 9.65. The number of carbonyl (C=O) groups is 3. The molecule has 3 aliphatic rings. The van der Waals surface area contributed by atoms with E-state index in [1.165, 1.54) is 0 Å². The number of hydrogen-bond donors (Lipinski definition) is 3. The number of benzene rings is 3. The zero-order valence-corrected chi connectivity index (χ0v) is 22.5. The number of imidazole rings is 1. The van der Waals surface area contributed by atoms with Crippen LogP contribution < -0.4 is 5.32 Å². The number of aromatic amines is 2. The summed E-state index contributed by atoms with van der Waals surface area (Å²) in [5.74, 6) is -1.69. The molecule has 2 aromatic heterocycles. The molecule has 3 aromatic carbocycles. The van der Waals surface area contributed by atoms with Crippen LogP contribution in [0.3, 0.4) is 0 Å². The van der Waals surface area contributed by atoms with Crippen molar-refractivity contribution in [2.24, 2.45) is 17.8 Å². The Kier molecular flexibility index (Phi) is 5.41. The standard InChI is InChI=1S/C34H30N4O3/c39-30(33-36-25-16-8-9-17-26(25)37-33)28-27(19-10-2-1-3-11-19)29(23-18-35-24-15-7-6-12-20(23)24)38-34(28)31(40)21-13-4-5-14-22(21)32(34)41/h4-9,12-19,27-29,35,38H,1-3,10-11H2,(H,36,37). The van der Waals surface area contributed by atoms with Crippen molar-refractivity contribution in [3.63, 3.8) is 0 Å². The van der Waals surface area contributed by atoms with E-state index in [2.05, 4.69) is 26.3 Å². The van der Waals surface area contributed by atoms with Gasteiger partial charge in [-0.3, -0.25) is 19.7 Å². The van der Waals surface area contributed by atoms with Gasteiger partial charge in [0.25, 0.3) is 0 Å². The van der Waals surface area contributed by atoms with Crippen molar-refractivity contribution in [2.75, 3.05) is 0 Å². The second-order valence-electron chi connectivity index (χ2n) is 11.8. The molecule has 1 spiro atoms. The molecule has 8 rings (SSSR count). The van der Waals surface area contributed by atoms with E-state index in [-0.39, 0.29) is 41.1 Å². The van der Waals surface area contributed by atoms with E-state index < -0.39 is 11.5 Å². The second-order valence-corrected chi connectivity index (χ2v) is 11.8. The molecule has 0 amide bonds. The molecule has 0 radical (unpaired) electrons.